The average molecular weight is 240 g/mol. The van der Waals surface area contributed by atoms with Gasteiger partial charge in [-0.3, -0.25) is 4.79 Å². The summed E-state index contributed by atoms with van der Waals surface area (Å²) in [6.07, 6.45) is 0. The third-order valence-electron chi connectivity index (χ3n) is 3.07. The molecular weight excluding hydrogens is 232 g/mol. The van der Waals surface area contributed by atoms with Gasteiger partial charge in [-0.25, -0.2) is 0 Å². The van der Waals surface area contributed by atoms with Crippen LogP contribution in [0.4, 0.5) is 0 Å². The van der Waals surface area contributed by atoms with Crippen molar-refractivity contribution in [2.24, 2.45) is 0 Å². The fraction of sp³-hybridized carbons (Fsp3) is 0.0714. The molecule has 2 heterocycles. The third kappa shape index (κ3) is 1.17. The zero-order chi connectivity index (χ0) is 12.1. The van der Waals surface area contributed by atoms with E-state index in [0.29, 0.717) is 33.4 Å². The molecule has 0 amide bonds. The number of fused-ring (bicyclic) bond motifs is 3. The Labute approximate surface area is 101 Å². The van der Waals surface area contributed by atoms with Gasteiger partial charge in [0, 0.05) is 6.07 Å². The van der Waals surface area contributed by atoms with E-state index < -0.39 is 0 Å². The van der Waals surface area contributed by atoms with E-state index in [1.54, 1.807) is 24.3 Å². The highest BCUT2D eigenvalue weighted by molar-refractivity contribution is 5.91. The molecule has 0 saturated carbocycles. The van der Waals surface area contributed by atoms with Gasteiger partial charge in [-0.2, -0.15) is 0 Å². The first-order chi connectivity index (χ1) is 8.83. The molecule has 0 aliphatic carbocycles. The number of rotatable bonds is 0. The van der Waals surface area contributed by atoms with Crippen molar-refractivity contribution in [1.82, 2.24) is 0 Å². The van der Waals surface area contributed by atoms with Crippen molar-refractivity contribution in [2.75, 3.05) is 6.79 Å². The van der Waals surface area contributed by atoms with Crippen molar-refractivity contribution < 1.29 is 13.9 Å². The first kappa shape index (κ1) is 9.53. The van der Waals surface area contributed by atoms with Crippen molar-refractivity contribution in [3.8, 4) is 11.5 Å². The largest absolute Gasteiger partial charge is 0.456 e. The predicted molar refractivity (Wildman–Crippen MR) is 66.1 cm³/mol. The second-order valence-electron chi connectivity index (χ2n) is 4.13. The van der Waals surface area contributed by atoms with Gasteiger partial charge in [-0.05, 0) is 18.2 Å². The van der Waals surface area contributed by atoms with Gasteiger partial charge >= 0.3 is 0 Å². The van der Waals surface area contributed by atoms with Crippen molar-refractivity contribution >= 4 is 21.9 Å². The van der Waals surface area contributed by atoms with Crippen molar-refractivity contribution in [3.63, 3.8) is 0 Å². The van der Waals surface area contributed by atoms with Gasteiger partial charge in [-0.15, -0.1) is 0 Å². The van der Waals surface area contributed by atoms with Crippen LogP contribution in [0.25, 0.3) is 21.9 Å². The third-order valence-corrected chi connectivity index (χ3v) is 3.07. The van der Waals surface area contributed by atoms with Gasteiger partial charge in [-0.1, -0.05) is 12.1 Å². The first-order valence-electron chi connectivity index (χ1n) is 5.58. The molecule has 0 unspecified atom stereocenters. The summed E-state index contributed by atoms with van der Waals surface area (Å²) >= 11 is 0. The quantitative estimate of drug-likeness (QED) is 0.567. The fourth-order valence-corrected chi connectivity index (χ4v) is 2.19. The smallest absolute Gasteiger partial charge is 0.231 e. The van der Waals surface area contributed by atoms with E-state index >= 15 is 0 Å². The summed E-state index contributed by atoms with van der Waals surface area (Å²) in [7, 11) is 0. The number of benzene rings is 2. The molecule has 1 aliphatic heterocycles. The molecule has 1 aliphatic rings. The Morgan fingerprint density at radius 2 is 1.67 bits per heavy atom. The van der Waals surface area contributed by atoms with Crippen LogP contribution < -0.4 is 14.9 Å². The number of hydrogen-bond donors (Lipinski definition) is 0. The zero-order valence-corrected chi connectivity index (χ0v) is 9.30. The molecule has 3 aromatic rings. The van der Waals surface area contributed by atoms with Gasteiger partial charge in [0.2, 0.25) is 12.2 Å². The van der Waals surface area contributed by atoms with Crippen LogP contribution in [0.2, 0.25) is 0 Å². The van der Waals surface area contributed by atoms with E-state index in [4.69, 9.17) is 13.9 Å². The highest BCUT2D eigenvalue weighted by atomic mass is 16.7. The Balaban J connectivity index is 2.22. The van der Waals surface area contributed by atoms with Gasteiger partial charge in [0.1, 0.15) is 11.2 Å². The van der Waals surface area contributed by atoms with Gasteiger partial charge in [0.15, 0.2) is 11.5 Å². The highest BCUT2D eigenvalue weighted by Crippen LogP contribution is 2.35. The minimum atomic E-state index is -0.0508. The van der Waals surface area contributed by atoms with Crippen LogP contribution in [0.15, 0.2) is 45.6 Å². The molecule has 0 atom stereocenters. The molecule has 1 aromatic heterocycles. The summed E-state index contributed by atoms with van der Waals surface area (Å²) in [5.41, 5.74) is 1.04. The normalized spacial score (nSPS) is 13.3. The van der Waals surface area contributed by atoms with Crippen LogP contribution in [0.5, 0.6) is 11.5 Å². The van der Waals surface area contributed by atoms with Crippen molar-refractivity contribution in [2.45, 2.75) is 0 Å². The molecule has 4 nitrogen and oxygen atoms in total. The lowest BCUT2D eigenvalue weighted by atomic mass is 10.1. The Morgan fingerprint density at radius 1 is 0.889 bits per heavy atom. The summed E-state index contributed by atoms with van der Waals surface area (Å²) < 4.78 is 16.3. The Bertz CT molecular complexity index is 832. The molecular formula is C14H8O4. The molecule has 0 N–H and O–H groups in total. The molecule has 0 radical (unpaired) electrons. The fourth-order valence-electron chi connectivity index (χ4n) is 2.19. The molecule has 18 heavy (non-hydrogen) atoms. The van der Waals surface area contributed by atoms with Gasteiger partial charge in [0.25, 0.3) is 0 Å². The van der Waals surface area contributed by atoms with Crippen LogP contribution in [0.1, 0.15) is 0 Å². The van der Waals surface area contributed by atoms with E-state index in [9.17, 15) is 4.79 Å². The molecule has 0 bridgehead atoms. The van der Waals surface area contributed by atoms with Crippen molar-refractivity contribution in [3.05, 3.63) is 46.6 Å². The second kappa shape index (κ2) is 3.26. The second-order valence-corrected chi connectivity index (χ2v) is 4.13. The van der Waals surface area contributed by atoms with E-state index in [2.05, 4.69) is 0 Å². The summed E-state index contributed by atoms with van der Waals surface area (Å²) in [5.74, 6) is 1.20. The van der Waals surface area contributed by atoms with Crippen LogP contribution in [-0.4, -0.2) is 6.79 Å². The Kier molecular flexibility index (Phi) is 1.73. The average Bonchev–Trinajstić information content (AvgIpc) is 2.84. The SMILES string of the molecule is O=c1c2ccccc2oc2cc3c(cc12)OCO3. The molecule has 0 spiro atoms. The summed E-state index contributed by atoms with van der Waals surface area (Å²) in [4.78, 5) is 12.3. The standard InChI is InChI=1S/C14H8O4/c15-14-8-3-1-2-4-10(8)18-11-6-13-12(5-9(11)14)16-7-17-13/h1-6H,7H2. The van der Waals surface area contributed by atoms with Crippen LogP contribution in [-0.2, 0) is 0 Å². The maximum Gasteiger partial charge on any atom is 0.231 e. The predicted octanol–water partition coefficient (Wildman–Crippen LogP) is 2.67. The van der Waals surface area contributed by atoms with E-state index in [1.807, 2.05) is 12.1 Å². The van der Waals surface area contributed by atoms with Crippen LogP contribution >= 0.6 is 0 Å². The Morgan fingerprint density at radius 3 is 2.56 bits per heavy atom. The molecule has 0 saturated heterocycles. The lowest BCUT2D eigenvalue weighted by molar-refractivity contribution is 0.174. The van der Waals surface area contributed by atoms with Crippen LogP contribution in [0.3, 0.4) is 0 Å². The lowest BCUT2D eigenvalue weighted by Crippen LogP contribution is -2.01. The maximum atomic E-state index is 12.3. The van der Waals surface area contributed by atoms with Gasteiger partial charge in [0.05, 0.1) is 10.8 Å². The van der Waals surface area contributed by atoms with E-state index in [-0.39, 0.29) is 12.2 Å². The molecule has 4 rings (SSSR count). The lowest BCUT2D eigenvalue weighted by Gasteiger charge is -2.02. The topological polar surface area (TPSA) is 48.7 Å². The molecule has 2 aromatic carbocycles. The van der Waals surface area contributed by atoms with Crippen molar-refractivity contribution in [1.29, 1.82) is 0 Å². The summed E-state index contributed by atoms with van der Waals surface area (Å²) in [5, 5.41) is 1.09. The monoisotopic (exact) mass is 240 g/mol. The highest BCUT2D eigenvalue weighted by Gasteiger charge is 2.17. The molecule has 4 heteroatoms. The summed E-state index contributed by atoms with van der Waals surface area (Å²) in [6.45, 7) is 0.180. The minimum absolute atomic E-state index is 0.0508. The van der Waals surface area contributed by atoms with Gasteiger partial charge < -0.3 is 13.9 Å². The molecule has 0 fully saturated rings. The Hall–Kier alpha value is -2.49. The first-order valence-corrected chi connectivity index (χ1v) is 5.58. The van der Waals surface area contributed by atoms with E-state index in [0.717, 1.165) is 0 Å². The number of para-hydroxylation sites is 1. The minimum Gasteiger partial charge on any atom is -0.456 e. The number of hydrogen-bond acceptors (Lipinski definition) is 4. The number of ether oxygens (including phenoxy) is 2. The maximum absolute atomic E-state index is 12.3. The van der Waals surface area contributed by atoms with Crippen LogP contribution in [0, 0.1) is 0 Å². The summed E-state index contributed by atoms with van der Waals surface area (Å²) in [6, 6.07) is 10.6. The molecule has 88 valence electrons. The van der Waals surface area contributed by atoms with E-state index in [1.165, 1.54) is 0 Å². The zero-order valence-electron chi connectivity index (χ0n) is 9.30.